The molecule has 1 aliphatic heterocycles. The Morgan fingerprint density at radius 1 is 0.943 bits per heavy atom. The largest absolute Gasteiger partial charge is 0.398 e. The van der Waals surface area contributed by atoms with E-state index in [4.69, 9.17) is 17.3 Å². The van der Waals surface area contributed by atoms with Gasteiger partial charge in [-0.1, -0.05) is 78.3 Å². The van der Waals surface area contributed by atoms with Crippen LogP contribution in [0.4, 0.5) is 5.69 Å². The molecule has 184 valence electrons. The van der Waals surface area contributed by atoms with Crippen LogP contribution in [0.3, 0.4) is 0 Å². The van der Waals surface area contributed by atoms with Gasteiger partial charge in [-0.15, -0.1) is 0 Å². The van der Waals surface area contributed by atoms with Gasteiger partial charge in [0.25, 0.3) is 0 Å². The summed E-state index contributed by atoms with van der Waals surface area (Å²) >= 11 is 6.06. The molecule has 0 amide bonds. The number of rotatable bonds is 9. The number of nitrogens with zero attached hydrogens (tertiary/aromatic N) is 2. The Hall–Kier alpha value is -2.79. The number of nitrogens with one attached hydrogen (secondary N) is 1. The van der Waals surface area contributed by atoms with Crippen molar-refractivity contribution in [2.45, 2.75) is 25.8 Å². The lowest BCUT2D eigenvalue weighted by Crippen LogP contribution is -2.35. The molecule has 0 bridgehead atoms. The van der Waals surface area contributed by atoms with E-state index in [1.54, 1.807) is 0 Å². The third-order valence-electron chi connectivity index (χ3n) is 6.78. The van der Waals surface area contributed by atoms with E-state index in [9.17, 15) is 0 Å². The number of benzene rings is 3. The zero-order valence-electron chi connectivity index (χ0n) is 20.7. The van der Waals surface area contributed by atoms with Gasteiger partial charge in [-0.05, 0) is 62.2 Å². The molecule has 1 aliphatic rings. The molecule has 3 aromatic carbocycles. The van der Waals surface area contributed by atoms with Crippen LogP contribution < -0.4 is 11.1 Å². The summed E-state index contributed by atoms with van der Waals surface area (Å²) in [6, 6.07) is 27.8. The van der Waals surface area contributed by atoms with Crippen molar-refractivity contribution in [2.75, 3.05) is 45.0 Å². The normalized spacial score (nSPS) is 15.8. The standard InChI is InChI=1S/C30H37ClN4/c1-2-29(27-16-15-26(31)23-28(27)32)33-17-9-18-34-19-10-20-35(22-21-34)30(24-11-5-3-6-12-24)25-13-7-4-8-14-25/h2-8,11-16,23,30,33H,9-10,17-22,32H2,1H3/b29-2+. The Labute approximate surface area is 215 Å². The van der Waals surface area contributed by atoms with Gasteiger partial charge >= 0.3 is 0 Å². The van der Waals surface area contributed by atoms with E-state index >= 15 is 0 Å². The Kier molecular flexibility index (Phi) is 9.24. The fraction of sp³-hybridized carbons (Fsp3) is 0.333. The first-order chi connectivity index (χ1) is 17.2. The van der Waals surface area contributed by atoms with Crippen molar-refractivity contribution in [1.29, 1.82) is 0 Å². The maximum atomic E-state index is 6.18. The van der Waals surface area contributed by atoms with Crippen LogP contribution in [0.1, 0.15) is 42.5 Å². The minimum Gasteiger partial charge on any atom is -0.398 e. The second-order valence-electron chi connectivity index (χ2n) is 9.17. The molecular weight excluding hydrogens is 452 g/mol. The maximum Gasteiger partial charge on any atom is 0.0602 e. The van der Waals surface area contributed by atoms with Crippen LogP contribution in [0.25, 0.3) is 5.70 Å². The van der Waals surface area contributed by atoms with Crippen LogP contribution in [0.2, 0.25) is 5.02 Å². The molecule has 1 saturated heterocycles. The number of nitrogen functional groups attached to an aromatic ring is 1. The first kappa shape index (κ1) is 25.3. The summed E-state index contributed by atoms with van der Waals surface area (Å²) in [6.07, 6.45) is 4.35. The Morgan fingerprint density at radius 2 is 1.63 bits per heavy atom. The molecule has 5 heteroatoms. The molecule has 1 fully saturated rings. The number of nitrogens with two attached hydrogens (primary N) is 1. The summed E-state index contributed by atoms with van der Waals surface area (Å²) < 4.78 is 0. The van der Waals surface area contributed by atoms with Crippen LogP contribution in [-0.4, -0.2) is 49.1 Å². The number of hydrogen-bond donors (Lipinski definition) is 2. The SMILES string of the molecule is C/C=C(/NCCCN1CCCN(C(c2ccccc2)c2ccccc2)CC1)c1ccc(Cl)cc1N. The van der Waals surface area contributed by atoms with Crippen molar-refractivity contribution in [3.63, 3.8) is 0 Å². The smallest absolute Gasteiger partial charge is 0.0602 e. The number of anilines is 1. The third kappa shape index (κ3) is 6.88. The van der Waals surface area contributed by atoms with Gasteiger partial charge in [0.15, 0.2) is 0 Å². The summed E-state index contributed by atoms with van der Waals surface area (Å²) in [5.74, 6) is 0. The third-order valence-corrected chi connectivity index (χ3v) is 7.01. The second kappa shape index (κ2) is 12.8. The highest BCUT2D eigenvalue weighted by molar-refractivity contribution is 6.30. The minimum absolute atomic E-state index is 0.307. The van der Waals surface area contributed by atoms with Crippen LogP contribution in [-0.2, 0) is 0 Å². The summed E-state index contributed by atoms with van der Waals surface area (Å²) in [5, 5.41) is 4.24. The molecule has 4 nitrogen and oxygen atoms in total. The van der Waals surface area contributed by atoms with E-state index in [2.05, 4.69) is 81.9 Å². The van der Waals surface area contributed by atoms with Crippen molar-refractivity contribution < 1.29 is 0 Å². The van der Waals surface area contributed by atoms with E-state index in [0.29, 0.717) is 16.8 Å². The molecule has 1 heterocycles. The van der Waals surface area contributed by atoms with E-state index in [0.717, 1.165) is 56.9 Å². The monoisotopic (exact) mass is 488 g/mol. The average molecular weight is 489 g/mol. The van der Waals surface area contributed by atoms with Gasteiger partial charge in [0.2, 0.25) is 0 Å². The lowest BCUT2D eigenvalue weighted by atomic mass is 9.97. The quantitative estimate of drug-likeness (QED) is 0.284. The van der Waals surface area contributed by atoms with E-state index in [-0.39, 0.29) is 0 Å². The van der Waals surface area contributed by atoms with Crippen LogP contribution in [0, 0.1) is 0 Å². The molecule has 35 heavy (non-hydrogen) atoms. The Balaban J connectivity index is 1.31. The predicted molar refractivity (Wildman–Crippen MR) is 149 cm³/mol. The van der Waals surface area contributed by atoms with Crippen LogP contribution in [0.15, 0.2) is 84.9 Å². The number of halogens is 1. The molecule has 0 saturated carbocycles. The molecule has 3 aromatic rings. The van der Waals surface area contributed by atoms with Crippen molar-refractivity contribution in [1.82, 2.24) is 15.1 Å². The van der Waals surface area contributed by atoms with E-state index in [1.165, 1.54) is 17.5 Å². The van der Waals surface area contributed by atoms with Crippen molar-refractivity contribution in [2.24, 2.45) is 0 Å². The summed E-state index contributed by atoms with van der Waals surface area (Å²) in [6.45, 7) is 8.47. The van der Waals surface area contributed by atoms with Gasteiger partial charge in [-0.25, -0.2) is 0 Å². The second-order valence-corrected chi connectivity index (χ2v) is 9.61. The first-order valence-corrected chi connectivity index (χ1v) is 13.1. The van der Waals surface area contributed by atoms with E-state index < -0.39 is 0 Å². The van der Waals surface area contributed by atoms with Gasteiger partial charge in [0, 0.05) is 48.1 Å². The molecule has 0 atom stereocenters. The predicted octanol–water partition coefficient (Wildman–Crippen LogP) is 6.06. The molecule has 3 N–H and O–H groups in total. The lowest BCUT2D eigenvalue weighted by Gasteiger charge is -2.31. The molecule has 0 radical (unpaired) electrons. The molecule has 0 aliphatic carbocycles. The van der Waals surface area contributed by atoms with Gasteiger partial charge in [-0.3, -0.25) is 4.90 Å². The highest BCUT2D eigenvalue weighted by Gasteiger charge is 2.24. The van der Waals surface area contributed by atoms with Gasteiger partial charge in [0.1, 0.15) is 0 Å². The summed E-state index contributed by atoms with van der Waals surface area (Å²) in [5.41, 5.74) is 11.7. The number of hydrogen-bond acceptors (Lipinski definition) is 4. The van der Waals surface area contributed by atoms with Crippen LogP contribution in [0.5, 0.6) is 0 Å². The number of allylic oxidation sites excluding steroid dienone is 1. The highest BCUT2D eigenvalue weighted by atomic mass is 35.5. The summed E-state index contributed by atoms with van der Waals surface area (Å²) in [4.78, 5) is 5.27. The van der Waals surface area contributed by atoms with Gasteiger partial charge < -0.3 is 16.0 Å². The van der Waals surface area contributed by atoms with Gasteiger partial charge in [-0.2, -0.15) is 0 Å². The fourth-order valence-electron chi connectivity index (χ4n) is 5.01. The molecular formula is C30H37ClN4. The fourth-order valence-corrected chi connectivity index (χ4v) is 5.20. The van der Waals surface area contributed by atoms with Crippen molar-refractivity contribution in [3.05, 3.63) is 107 Å². The molecule has 0 unspecified atom stereocenters. The first-order valence-electron chi connectivity index (χ1n) is 12.7. The Bertz CT molecular complexity index is 1040. The zero-order valence-corrected chi connectivity index (χ0v) is 21.4. The zero-order chi connectivity index (χ0) is 24.5. The van der Waals surface area contributed by atoms with Gasteiger partial charge in [0.05, 0.1) is 6.04 Å². The van der Waals surface area contributed by atoms with Crippen LogP contribution >= 0.6 is 11.6 Å². The van der Waals surface area contributed by atoms with E-state index in [1.807, 2.05) is 25.1 Å². The highest BCUT2D eigenvalue weighted by Crippen LogP contribution is 2.29. The Morgan fingerprint density at radius 3 is 2.26 bits per heavy atom. The molecule has 0 aromatic heterocycles. The average Bonchev–Trinajstić information content (AvgIpc) is 3.12. The van der Waals surface area contributed by atoms with Crippen molar-refractivity contribution in [3.8, 4) is 0 Å². The molecule has 4 rings (SSSR count). The van der Waals surface area contributed by atoms with Crippen molar-refractivity contribution >= 4 is 23.0 Å². The molecule has 0 spiro atoms. The topological polar surface area (TPSA) is 44.5 Å². The summed E-state index contributed by atoms with van der Waals surface area (Å²) in [7, 11) is 0. The minimum atomic E-state index is 0.307. The maximum absolute atomic E-state index is 6.18. The lowest BCUT2D eigenvalue weighted by molar-refractivity contribution is 0.222.